The average Bonchev–Trinajstić information content (AvgIpc) is 3.03. The van der Waals surface area contributed by atoms with Crippen LogP contribution in [0.4, 0.5) is 0 Å². The zero-order chi connectivity index (χ0) is 15.9. The summed E-state index contributed by atoms with van der Waals surface area (Å²) in [5, 5.41) is 12.6. The maximum absolute atomic E-state index is 10.9. The van der Waals surface area contributed by atoms with Crippen molar-refractivity contribution in [3.8, 4) is 5.88 Å². The van der Waals surface area contributed by atoms with Crippen molar-refractivity contribution in [1.29, 1.82) is 0 Å². The second kappa shape index (κ2) is 7.14. The summed E-state index contributed by atoms with van der Waals surface area (Å²) in [6.45, 7) is 4.31. The van der Waals surface area contributed by atoms with Gasteiger partial charge in [0.1, 0.15) is 5.97 Å². The Morgan fingerprint density at radius 3 is 2.65 bits per heavy atom. The number of furan rings is 1. The number of carboxylic acids is 1. The topological polar surface area (TPSA) is 58.2 Å². The van der Waals surface area contributed by atoms with Crippen LogP contribution in [-0.2, 0) is 6.42 Å². The van der Waals surface area contributed by atoms with Gasteiger partial charge in [0.2, 0.25) is 5.88 Å². The molecule has 0 unspecified atom stereocenters. The summed E-state index contributed by atoms with van der Waals surface area (Å²) in [4.78, 5) is 10.9. The van der Waals surface area contributed by atoms with E-state index in [0.717, 1.165) is 17.3 Å². The van der Waals surface area contributed by atoms with E-state index >= 15 is 0 Å². The summed E-state index contributed by atoms with van der Waals surface area (Å²) in [6, 6.07) is 8.69. The Morgan fingerprint density at radius 1 is 1.30 bits per heavy atom. The molecule has 0 aliphatic heterocycles. The molecule has 1 aromatic carbocycles. The van der Waals surface area contributed by atoms with Crippen molar-refractivity contribution in [3.63, 3.8) is 0 Å². The van der Waals surface area contributed by atoms with Crippen LogP contribution in [0.1, 0.15) is 30.0 Å². The zero-order valence-corrected chi connectivity index (χ0v) is 16.1. The van der Waals surface area contributed by atoms with Crippen molar-refractivity contribution >= 4 is 28.5 Å². The quantitative estimate of drug-likeness (QED) is 0.648. The van der Waals surface area contributed by atoms with E-state index in [1.807, 2.05) is 29.0 Å². The number of carbonyl (C=O) groups is 1. The number of hydrogen-bond acceptors (Lipinski definition) is 3. The van der Waals surface area contributed by atoms with Crippen molar-refractivity contribution in [2.45, 2.75) is 20.3 Å². The Bertz CT molecular complexity index is 851. The van der Waals surface area contributed by atoms with Gasteiger partial charge in [-0.25, -0.2) is 0 Å². The summed E-state index contributed by atoms with van der Waals surface area (Å²) < 4.78 is 7.18. The molecule has 6 heteroatoms. The number of carbonyl (C=O) groups excluding carboxylic acids is 1. The van der Waals surface area contributed by atoms with Gasteiger partial charge in [-0.05, 0) is 36.1 Å². The first-order chi connectivity index (χ1) is 10.5. The first kappa shape index (κ1) is 18.1. The predicted molar refractivity (Wildman–Crippen MR) is 83.4 cm³/mol. The summed E-state index contributed by atoms with van der Waals surface area (Å²) in [5.74, 6) is -0.584. The second-order valence-electron chi connectivity index (χ2n) is 5.71. The van der Waals surface area contributed by atoms with Crippen molar-refractivity contribution in [2.24, 2.45) is 5.92 Å². The minimum atomic E-state index is -1.33. The molecule has 0 radical (unpaired) electrons. The molecular formula is C17H15ClNNaO3. The second-order valence-corrected chi connectivity index (χ2v) is 6.15. The Labute approximate surface area is 161 Å². The van der Waals surface area contributed by atoms with Gasteiger partial charge in [-0.2, -0.15) is 0 Å². The molecule has 4 nitrogen and oxygen atoms in total. The fraction of sp³-hybridized carbons (Fsp3) is 0.235. The Kier molecular flexibility index (Phi) is 5.63. The van der Waals surface area contributed by atoms with Gasteiger partial charge < -0.3 is 14.3 Å². The molecule has 0 fully saturated rings. The monoisotopic (exact) mass is 339 g/mol. The number of nitrogens with zero attached hydrogens (tertiary/aromatic N) is 1. The fourth-order valence-electron chi connectivity index (χ4n) is 2.62. The van der Waals surface area contributed by atoms with Crippen molar-refractivity contribution in [1.82, 2.24) is 4.57 Å². The molecule has 2 aromatic heterocycles. The molecule has 0 bridgehead atoms. The van der Waals surface area contributed by atoms with Crippen molar-refractivity contribution in [2.75, 3.05) is 0 Å². The van der Waals surface area contributed by atoms with Crippen LogP contribution in [0, 0.1) is 5.92 Å². The van der Waals surface area contributed by atoms with Gasteiger partial charge in [-0.3, -0.25) is 4.57 Å². The number of aromatic nitrogens is 1. The number of carboxylic acid groups (broad SMARTS) is 1. The predicted octanol–water partition coefficient (Wildman–Crippen LogP) is 0.443. The number of benzene rings is 1. The van der Waals surface area contributed by atoms with E-state index in [-0.39, 0.29) is 35.3 Å². The van der Waals surface area contributed by atoms with Crippen LogP contribution in [0.25, 0.3) is 16.8 Å². The molecule has 0 saturated heterocycles. The molecule has 0 saturated carbocycles. The third-order valence-electron chi connectivity index (χ3n) is 3.51. The van der Waals surface area contributed by atoms with Crippen LogP contribution < -0.4 is 34.7 Å². The van der Waals surface area contributed by atoms with Crippen LogP contribution in [0.5, 0.6) is 0 Å². The third-order valence-corrected chi connectivity index (χ3v) is 3.74. The first-order valence-electron chi connectivity index (χ1n) is 7.06. The van der Waals surface area contributed by atoms with E-state index in [9.17, 15) is 9.90 Å². The molecule has 114 valence electrons. The normalized spacial score (nSPS) is 11.0. The van der Waals surface area contributed by atoms with E-state index < -0.39 is 5.97 Å². The molecule has 23 heavy (non-hydrogen) atoms. The maximum atomic E-state index is 10.9. The average molecular weight is 340 g/mol. The van der Waals surface area contributed by atoms with E-state index in [0.29, 0.717) is 16.8 Å². The fourth-order valence-corrected chi connectivity index (χ4v) is 2.79. The van der Waals surface area contributed by atoms with Gasteiger partial charge in [-0.1, -0.05) is 31.5 Å². The van der Waals surface area contributed by atoms with Gasteiger partial charge in [0, 0.05) is 22.7 Å². The van der Waals surface area contributed by atoms with E-state index in [4.69, 9.17) is 16.0 Å². The molecule has 0 aliphatic carbocycles. The molecular weight excluding hydrogens is 325 g/mol. The molecule has 0 amide bonds. The van der Waals surface area contributed by atoms with Gasteiger partial charge >= 0.3 is 29.6 Å². The zero-order valence-electron chi connectivity index (χ0n) is 13.3. The number of hydrogen-bond donors (Lipinski definition) is 0. The van der Waals surface area contributed by atoms with Crippen molar-refractivity contribution in [3.05, 3.63) is 52.9 Å². The molecule has 0 aliphatic rings. The third kappa shape index (κ3) is 3.66. The van der Waals surface area contributed by atoms with E-state index in [1.54, 1.807) is 6.07 Å². The molecule has 0 N–H and O–H groups in total. The van der Waals surface area contributed by atoms with Gasteiger partial charge in [0.15, 0.2) is 5.76 Å². The van der Waals surface area contributed by atoms with Crippen LogP contribution in [0.3, 0.4) is 0 Å². The summed E-state index contributed by atoms with van der Waals surface area (Å²) in [6.07, 6.45) is 2.89. The molecule has 0 atom stereocenters. The number of halogens is 1. The number of aromatic carboxylic acids is 1. The van der Waals surface area contributed by atoms with Crippen LogP contribution in [0.15, 0.2) is 40.9 Å². The largest absolute Gasteiger partial charge is 1.00 e. The van der Waals surface area contributed by atoms with E-state index in [2.05, 4.69) is 13.8 Å². The molecule has 3 rings (SSSR count). The number of fused-ring (bicyclic) bond motifs is 1. The minimum Gasteiger partial charge on any atom is -0.542 e. The van der Waals surface area contributed by atoms with Gasteiger partial charge in [-0.15, -0.1) is 0 Å². The van der Waals surface area contributed by atoms with Crippen molar-refractivity contribution < 1.29 is 43.9 Å². The van der Waals surface area contributed by atoms with Crippen LogP contribution in [-0.4, -0.2) is 10.5 Å². The molecule has 0 spiro atoms. The summed E-state index contributed by atoms with van der Waals surface area (Å²) >= 11 is 6.10. The number of rotatable bonds is 4. The summed E-state index contributed by atoms with van der Waals surface area (Å²) in [5.41, 5.74) is 2.07. The van der Waals surface area contributed by atoms with E-state index in [1.165, 1.54) is 11.6 Å². The van der Waals surface area contributed by atoms with Crippen LogP contribution >= 0.6 is 11.6 Å². The van der Waals surface area contributed by atoms with Gasteiger partial charge in [0.25, 0.3) is 0 Å². The first-order valence-corrected chi connectivity index (χ1v) is 7.44. The molecule has 3 aromatic rings. The standard InChI is InChI=1S/C17H16ClNO3.Na/c1-10(2)7-11-9-19(14-8-12(18)3-4-13(11)14)16-6-5-15(22-16)17(20)21;/h3-6,8-10H,7H2,1-2H3,(H,20,21);/q;+1/p-1. The minimum absolute atomic E-state index is 0. The smallest absolute Gasteiger partial charge is 0.542 e. The SMILES string of the molecule is CC(C)Cc1cn(-c2ccc(C(=O)[O-])o2)c2cc(Cl)ccc12.[Na+]. The Morgan fingerprint density at radius 2 is 2.04 bits per heavy atom. The maximum Gasteiger partial charge on any atom is 1.00 e. The summed E-state index contributed by atoms with van der Waals surface area (Å²) in [7, 11) is 0. The molecule has 2 heterocycles. The van der Waals surface area contributed by atoms with Crippen LogP contribution in [0.2, 0.25) is 5.02 Å². The Balaban J connectivity index is 0.00000192. The van der Waals surface area contributed by atoms with Gasteiger partial charge in [0.05, 0.1) is 5.52 Å². The Hall–Kier alpha value is -1.20.